The van der Waals surface area contributed by atoms with Crippen LogP contribution in [0.25, 0.3) is 5.57 Å². The number of allylic oxidation sites excluding steroid dienone is 8. The van der Waals surface area contributed by atoms with E-state index in [0.717, 1.165) is 30.6 Å². The van der Waals surface area contributed by atoms with E-state index < -0.39 is 11.7 Å². The van der Waals surface area contributed by atoms with Gasteiger partial charge in [0.25, 0.3) is 0 Å². The Hall–Kier alpha value is -1.94. The van der Waals surface area contributed by atoms with E-state index in [0.29, 0.717) is 0 Å². The molecule has 1 aliphatic heterocycles. The maximum absolute atomic E-state index is 12.9. The number of halogens is 4. The highest BCUT2D eigenvalue weighted by Crippen LogP contribution is 2.32. The number of hydrogen-bond acceptors (Lipinski definition) is 1. The number of nitrogens with zero attached hydrogens (tertiary/aromatic N) is 1. The van der Waals surface area contributed by atoms with Crippen LogP contribution in [-0.2, 0) is 6.18 Å². The third-order valence-corrected chi connectivity index (χ3v) is 6.21. The Morgan fingerprint density at radius 2 is 1.43 bits per heavy atom. The number of hydrogen-bond donors (Lipinski definition) is 0. The van der Waals surface area contributed by atoms with Crippen molar-refractivity contribution < 1.29 is 13.2 Å². The standard InChI is InChI=1S/C24H32F3N.C6H12.ClH/c1-6-20(21-10-12-22(13-11-21)24(25,26)27)16-23(17(2)3)18(4)19(5)28-14-8-7-9-15-28;1-4-5-6(2)3;/h10-13,16H,6-9,14-15H2,1-5H3;5H,4H2,1-3H3;1H/b19-18+,20-16+;;. The quantitative estimate of drug-likeness (QED) is 0.271. The lowest BCUT2D eigenvalue weighted by Gasteiger charge is -2.31. The van der Waals surface area contributed by atoms with Crippen LogP contribution in [-0.4, -0.2) is 18.0 Å². The van der Waals surface area contributed by atoms with E-state index in [1.807, 2.05) is 6.92 Å². The summed E-state index contributed by atoms with van der Waals surface area (Å²) in [5.74, 6) is 0. The Labute approximate surface area is 218 Å². The van der Waals surface area contributed by atoms with Gasteiger partial charge in [-0.3, -0.25) is 0 Å². The van der Waals surface area contributed by atoms with Crippen LogP contribution in [0.5, 0.6) is 0 Å². The molecule has 1 fully saturated rings. The highest BCUT2D eigenvalue weighted by Gasteiger charge is 2.30. The molecule has 2 rings (SSSR count). The summed E-state index contributed by atoms with van der Waals surface area (Å²) in [6, 6.07) is 5.50. The molecule has 0 aromatic heterocycles. The van der Waals surface area contributed by atoms with Crippen molar-refractivity contribution >= 4 is 18.0 Å². The van der Waals surface area contributed by atoms with E-state index in [2.05, 4.69) is 65.5 Å². The van der Waals surface area contributed by atoms with E-state index in [9.17, 15) is 13.2 Å². The van der Waals surface area contributed by atoms with Crippen LogP contribution >= 0.6 is 12.4 Å². The van der Waals surface area contributed by atoms with Crippen molar-refractivity contribution in [3.63, 3.8) is 0 Å². The van der Waals surface area contributed by atoms with Crippen LogP contribution in [0.4, 0.5) is 13.2 Å². The number of alkyl halides is 3. The first-order valence-corrected chi connectivity index (χ1v) is 12.5. The summed E-state index contributed by atoms with van der Waals surface area (Å²) in [6.07, 6.45) is 5.75. The van der Waals surface area contributed by atoms with Crippen molar-refractivity contribution in [2.75, 3.05) is 13.1 Å². The minimum atomic E-state index is -4.30. The van der Waals surface area contributed by atoms with Gasteiger partial charge in [0, 0.05) is 18.8 Å². The van der Waals surface area contributed by atoms with Crippen LogP contribution < -0.4 is 0 Å². The first-order chi connectivity index (χ1) is 15.9. The van der Waals surface area contributed by atoms with E-state index in [4.69, 9.17) is 0 Å². The molecular formula is C30H45ClF3N. The van der Waals surface area contributed by atoms with Crippen molar-refractivity contribution in [3.8, 4) is 0 Å². The molecule has 0 amide bonds. The molecule has 0 saturated carbocycles. The molecule has 0 radical (unpaired) electrons. The molecule has 1 aromatic carbocycles. The lowest BCUT2D eigenvalue weighted by atomic mass is 9.93. The fraction of sp³-hybridized carbons (Fsp3) is 0.533. The van der Waals surface area contributed by atoms with Crippen LogP contribution in [0.2, 0.25) is 0 Å². The summed E-state index contributed by atoms with van der Waals surface area (Å²) in [5.41, 5.74) is 7.65. The topological polar surface area (TPSA) is 3.24 Å². The van der Waals surface area contributed by atoms with E-state index in [1.165, 1.54) is 65.8 Å². The highest BCUT2D eigenvalue weighted by molar-refractivity contribution is 5.85. The van der Waals surface area contributed by atoms with Gasteiger partial charge >= 0.3 is 6.18 Å². The third-order valence-electron chi connectivity index (χ3n) is 6.21. The van der Waals surface area contributed by atoms with Gasteiger partial charge in [-0.1, -0.05) is 49.3 Å². The van der Waals surface area contributed by atoms with E-state index >= 15 is 0 Å². The zero-order chi connectivity index (χ0) is 25.9. The summed E-state index contributed by atoms with van der Waals surface area (Å²) in [4.78, 5) is 2.46. The average molecular weight is 512 g/mol. The van der Waals surface area contributed by atoms with Crippen molar-refractivity contribution in [3.05, 3.63) is 75.5 Å². The molecule has 1 aliphatic rings. The van der Waals surface area contributed by atoms with Gasteiger partial charge in [-0.15, -0.1) is 12.4 Å². The molecule has 1 saturated heterocycles. The van der Waals surface area contributed by atoms with Crippen molar-refractivity contribution in [2.24, 2.45) is 0 Å². The second kappa shape index (κ2) is 15.9. The zero-order valence-corrected chi connectivity index (χ0v) is 23.7. The van der Waals surface area contributed by atoms with Crippen molar-refractivity contribution in [1.82, 2.24) is 4.90 Å². The molecule has 5 heteroatoms. The lowest BCUT2D eigenvalue weighted by Crippen LogP contribution is -2.28. The van der Waals surface area contributed by atoms with E-state index in [1.54, 1.807) is 12.1 Å². The molecule has 0 unspecified atom stereocenters. The first kappa shape index (κ1) is 33.1. The van der Waals surface area contributed by atoms with Gasteiger partial charge in [-0.25, -0.2) is 0 Å². The second-order valence-corrected chi connectivity index (χ2v) is 9.46. The largest absolute Gasteiger partial charge is 0.416 e. The van der Waals surface area contributed by atoms with Gasteiger partial charge in [0.05, 0.1) is 5.56 Å². The molecule has 0 aliphatic carbocycles. The number of rotatable bonds is 6. The fourth-order valence-corrected chi connectivity index (χ4v) is 4.13. The maximum atomic E-state index is 12.9. The summed E-state index contributed by atoms with van der Waals surface area (Å²) in [6.45, 7) is 19.1. The molecule has 0 bridgehead atoms. The van der Waals surface area contributed by atoms with Crippen LogP contribution in [0, 0.1) is 0 Å². The van der Waals surface area contributed by atoms with E-state index in [-0.39, 0.29) is 12.4 Å². The van der Waals surface area contributed by atoms with Gasteiger partial charge in [-0.2, -0.15) is 13.2 Å². The molecule has 0 spiro atoms. The first-order valence-electron chi connectivity index (χ1n) is 12.5. The molecule has 0 N–H and O–H groups in total. The van der Waals surface area contributed by atoms with Gasteiger partial charge in [0.1, 0.15) is 0 Å². The Balaban J connectivity index is 0.00000147. The summed E-state index contributed by atoms with van der Waals surface area (Å²) >= 11 is 0. The Kier molecular flexibility index (Phi) is 15.0. The summed E-state index contributed by atoms with van der Waals surface area (Å²) in [5, 5.41) is 0. The second-order valence-electron chi connectivity index (χ2n) is 9.46. The van der Waals surface area contributed by atoms with Gasteiger partial charge in [0.15, 0.2) is 0 Å². The SMILES string of the molecule is CC/C(=C\C(=C(C)C)/C(C)=C(\C)N1CCCCC1)c1ccc(C(F)(F)F)cc1.CCC=C(C)C.Cl. The fourth-order valence-electron chi connectivity index (χ4n) is 4.13. The minimum Gasteiger partial charge on any atom is -0.375 e. The normalized spacial score (nSPS) is 14.7. The zero-order valence-electron chi connectivity index (χ0n) is 22.9. The molecule has 0 atom stereocenters. The van der Waals surface area contributed by atoms with Crippen molar-refractivity contribution in [2.45, 2.75) is 93.7 Å². The van der Waals surface area contributed by atoms with Gasteiger partial charge < -0.3 is 4.90 Å². The van der Waals surface area contributed by atoms with Crippen LogP contribution in [0.1, 0.15) is 98.6 Å². The summed E-state index contributed by atoms with van der Waals surface area (Å²) in [7, 11) is 0. The highest BCUT2D eigenvalue weighted by atomic mass is 35.5. The van der Waals surface area contributed by atoms with Crippen LogP contribution in [0.15, 0.2) is 64.4 Å². The molecule has 35 heavy (non-hydrogen) atoms. The minimum absolute atomic E-state index is 0. The number of benzene rings is 1. The monoisotopic (exact) mass is 511 g/mol. The Bertz CT molecular complexity index is 889. The molecular weight excluding hydrogens is 467 g/mol. The Morgan fingerprint density at radius 1 is 0.886 bits per heavy atom. The maximum Gasteiger partial charge on any atom is 0.416 e. The molecule has 198 valence electrons. The lowest BCUT2D eigenvalue weighted by molar-refractivity contribution is -0.137. The van der Waals surface area contributed by atoms with Gasteiger partial charge in [-0.05, 0) is 108 Å². The number of piperidine rings is 1. The third kappa shape index (κ3) is 11.1. The van der Waals surface area contributed by atoms with Crippen molar-refractivity contribution in [1.29, 1.82) is 0 Å². The van der Waals surface area contributed by atoms with Crippen LogP contribution in [0.3, 0.4) is 0 Å². The molecule has 1 aromatic rings. The molecule has 1 heterocycles. The van der Waals surface area contributed by atoms with Gasteiger partial charge in [0.2, 0.25) is 0 Å². The average Bonchev–Trinajstić information content (AvgIpc) is 2.79. The summed E-state index contributed by atoms with van der Waals surface area (Å²) < 4.78 is 38.6. The Morgan fingerprint density at radius 3 is 1.80 bits per heavy atom. The number of likely N-dealkylation sites (tertiary alicyclic amines) is 1. The predicted molar refractivity (Wildman–Crippen MR) is 149 cm³/mol. The molecule has 1 nitrogen and oxygen atoms in total. The smallest absolute Gasteiger partial charge is 0.375 e. The predicted octanol–water partition coefficient (Wildman–Crippen LogP) is 10.4.